The lowest BCUT2D eigenvalue weighted by Crippen LogP contribution is -2.46. The summed E-state index contributed by atoms with van der Waals surface area (Å²) in [5, 5.41) is 0. The lowest BCUT2D eigenvalue weighted by Gasteiger charge is -2.39. The van der Waals surface area contributed by atoms with Crippen LogP contribution < -0.4 is 0 Å². The molecule has 4 nitrogen and oxygen atoms in total. The first-order chi connectivity index (χ1) is 8.13. The van der Waals surface area contributed by atoms with Gasteiger partial charge in [-0.2, -0.15) is 0 Å². The molecular weight excluding hydrogens is 220 g/mol. The van der Waals surface area contributed by atoms with Crippen LogP contribution in [0.1, 0.15) is 20.8 Å². The SMILES string of the molecule is CC#CC1(C)COC(C2COC(C)OC2)OC1. The average Bonchev–Trinajstić information content (AvgIpc) is 2.31. The van der Waals surface area contributed by atoms with Crippen molar-refractivity contribution < 1.29 is 18.9 Å². The number of hydrogen-bond acceptors (Lipinski definition) is 4. The summed E-state index contributed by atoms with van der Waals surface area (Å²) in [6.07, 6.45) is -0.347. The highest BCUT2D eigenvalue weighted by atomic mass is 16.7. The lowest BCUT2D eigenvalue weighted by atomic mass is 9.92. The number of hydrogen-bond donors (Lipinski definition) is 0. The molecule has 0 aromatic carbocycles. The molecule has 2 saturated heterocycles. The van der Waals surface area contributed by atoms with Crippen molar-refractivity contribution in [2.45, 2.75) is 33.4 Å². The van der Waals surface area contributed by atoms with Gasteiger partial charge in [-0.15, -0.1) is 5.92 Å². The number of ether oxygens (including phenoxy) is 4. The van der Waals surface area contributed by atoms with Crippen molar-refractivity contribution in [3.8, 4) is 11.8 Å². The highest BCUT2D eigenvalue weighted by molar-refractivity contribution is 5.09. The van der Waals surface area contributed by atoms with E-state index in [1.165, 1.54) is 0 Å². The van der Waals surface area contributed by atoms with Gasteiger partial charge in [0.15, 0.2) is 12.6 Å². The van der Waals surface area contributed by atoms with Gasteiger partial charge in [-0.3, -0.25) is 0 Å². The molecule has 0 N–H and O–H groups in total. The van der Waals surface area contributed by atoms with Gasteiger partial charge in [0.25, 0.3) is 0 Å². The quantitative estimate of drug-likeness (QED) is 0.649. The summed E-state index contributed by atoms with van der Waals surface area (Å²) in [4.78, 5) is 0. The second kappa shape index (κ2) is 5.36. The Hall–Kier alpha value is -0.600. The summed E-state index contributed by atoms with van der Waals surface area (Å²) in [7, 11) is 0. The maximum atomic E-state index is 5.74. The predicted octanol–water partition coefficient (Wildman–Crippen LogP) is 1.40. The third-order valence-corrected chi connectivity index (χ3v) is 3.03. The van der Waals surface area contributed by atoms with Crippen LogP contribution in [-0.4, -0.2) is 39.0 Å². The molecule has 2 fully saturated rings. The maximum Gasteiger partial charge on any atom is 0.164 e. The summed E-state index contributed by atoms with van der Waals surface area (Å²) < 4.78 is 22.3. The average molecular weight is 240 g/mol. The summed E-state index contributed by atoms with van der Waals surface area (Å²) in [5.41, 5.74) is -0.186. The van der Waals surface area contributed by atoms with Gasteiger partial charge in [0.1, 0.15) is 0 Å². The fourth-order valence-corrected chi connectivity index (χ4v) is 2.04. The van der Waals surface area contributed by atoms with Crippen LogP contribution in [0, 0.1) is 23.2 Å². The molecule has 0 saturated carbocycles. The Morgan fingerprint density at radius 2 is 1.65 bits per heavy atom. The van der Waals surface area contributed by atoms with Gasteiger partial charge in [0.05, 0.1) is 37.8 Å². The van der Waals surface area contributed by atoms with Gasteiger partial charge in [-0.25, -0.2) is 0 Å². The highest BCUT2D eigenvalue weighted by Crippen LogP contribution is 2.28. The normalized spacial score (nSPS) is 42.6. The molecule has 2 aliphatic heterocycles. The Bertz CT molecular complexity index is 301. The van der Waals surface area contributed by atoms with Crippen LogP contribution in [-0.2, 0) is 18.9 Å². The first-order valence-corrected chi connectivity index (χ1v) is 6.03. The van der Waals surface area contributed by atoms with E-state index in [4.69, 9.17) is 18.9 Å². The van der Waals surface area contributed by atoms with Gasteiger partial charge in [0, 0.05) is 0 Å². The van der Waals surface area contributed by atoms with Gasteiger partial charge in [-0.1, -0.05) is 5.92 Å². The van der Waals surface area contributed by atoms with Crippen LogP contribution in [0.3, 0.4) is 0 Å². The second-order valence-corrected chi connectivity index (χ2v) is 4.92. The van der Waals surface area contributed by atoms with Crippen molar-refractivity contribution in [3.05, 3.63) is 0 Å². The van der Waals surface area contributed by atoms with E-state index in [0.29, 0.717) is 26.4 Å². The Kier molecular flexibility index (Phi) is 4.05. The van der Waals surface area contributed by atoms with E-state index < -0.39 is 0 Å². The fraction of sp³-hybridized carbons (Fsp3) is 0.846. The molecular formula is C13H20O4. The minimum Gasteiger partial charge on any atom is -0.352 e. The molecule has 2 heterocycles. The Morgan fingerprint density at radius 3 is 2.18 bits per heavy atom. The van der Waals surface area contributed by atoms with E-state index in [-0.39, 0.29) is 23.9 Å². The first kappa shape index (κ1) is 12.8. The summed E-state index contributed by atoms with van der Waals surface area (Å²) >= 11 is 0. The van der Waals surface area contributed by atoms with Gasteiger partial charge in [-0.05, 0) is 20.8 Å². The molecule has 4 heteroatoms. The third-order valence-electron chi connectivity index (χ3n) is 3.03. The van der Waals surface area contributed by atoms with Crippen LogP contribution >= 0.6 is 0 Å². The monoisotopic (exact) mass is 240 g/mol. The van der Waals surface area contributed by atoms with E-state index in [1.54, 1.807) is 0 Å². The molecule has 2 aliphatic rings. The molecule has 2 rings (SSSR count). The zero-order valence-corrected chi connectivity index (χ0v) is 10.7. The zero-order chi connectivity index (χ0) is 12.3. The van der Waals surface area contributed by atoms with Crippen molar-refractivity contribution in [3.63, 3.8) is 0 Å². The molecule has 0 radical (unpaired) electrons. The minimum atomic E-state index is -0.228. The second-order valence-electron chi connectivity index (χ2n) is 4.92. The molecule has 0 aliphatic carbocycles. The standard InChI is InChI=1S/C13H20O4/c1-4-5-13(3)8-16-12(17-9-13)11-6-14-10(2)15-7-11/h10-12H,6-9H2,1-3H3. The first-order valence-electron chi connectivity index (χ1n) is 6.03. The Morgan fingerprint density at radius 1 is 1.06 bits per heavy atom. The Balaban J connectivity index is 1.84. The third kappa shape index (κ3) is 3.20. The predicted molar refractivity (Wildman–Crippen MR) is 62.1 cm³/mol. The molecule has 0 unspecified atom stereocenters. The molecule has 0 spiro atoms. The van der Waals surface area contributed by atoms with Crippen molar-refractivity contribution in [1.29, 1.82) is 0 Å². The molecule has 96 valence electrons. The summed E-state index contributed by atoms with van der Waals surface area (Å²) in [6.45, 7) is 8.24. The summed E-state index contributed by atoms with van der Waals surface area (Å²) in [6, 6.07) is 0. The van der Waals surface area contributed by atoms with Crippen molar-refractivity contribution in [2.24, 2.45) is 11.3 Å². The molecule has 0 amide bonds. The van der Waals surface area contributed by atoms with Crippen LogP contribution in [0.4, 0.5) is 0 Å². The van der Waals surface area contributed by atoms with E-state index >= 15 is 0 Å². The van der Waals surface area contributed by atoms with E-state index in [9.17, 15) is 0 Å². The topological polar surface area (TPSA) is 36.9 Å². The van der Waals surface area contributed by atoms with Crippen molar-refractivity contribution in [2.75, 3.05) is 26.4 Å². The molecule has 0 aromatic rings. The van der Waals surface area contributed by atoms with Gasteiger partial charge in [0.2, 0.25) is 0 Å². The number of rotatable bonds is 1. The molecule has 0 atom stereocenters. The van der Waals surface area contributed by atoms with E-state index in [0.717, 1.165) is 0 Å². The van der Waals surface area contributed by atoms with E-state index in [1.807, 2.05) is 13.8 Å². The molecule has 0 aromatic heterocycles. The maximum absolute atomic E-state index is 5.74. The van der Waals surface area contributed by atoms with Crippen LogP contribution in [0.25, 0.3) is 0 Å². The highest BCUT2D eigenvalue weighted by Gasteiger charge is 2.36. The van der Waals surface area contributed by atoms with Crippen LogP contribution in [0.15, 0.2) is 0 Å². The van der Waals surface area contributed by atoms with Crippen molar-refractivity contribution >= 4 is 0 Å². The molecule has 17 heavy (non-hydrogen) atoms. The van der Waals surface area contributed by atoms with Gasteiger partial charge >= 0.3 is 0 Å². The Labute approximate surface area is 103 Å². The van der Waals surface area contributed by atoms with Crippen LogP contribution in [0.5, 0.6) is 0 Å². The van der Waals surface area contributed by atoms with Crippen LogP contribution in [0.2, 0.25) is 0 Å². The fourth-order valence-electron chi connectivity index (χ4n) is 2.04. The van der Waals surface area contributed by atoms with E-state index in [2.05, 4.69) is 18.8 Å². The largest absolute Gasteiger partial charge is 0.352 e. The molecule has 0 bridgehead atoms. The van der Waals surface area contributed by atoms with Gasteiger partial charge < -0.3 is 18.9 Å². The van der Waals surface area contributed by atoms with Crippen molar-refractivity contribution in [1.82, 2.24) is 0 Å². The summed E-state index contributed by atoms with van der Waals surface area (Å²) in [5.74, 6) is 6.21. The lowest BCUT2D eigenvalue weighted by molar-refractivity contribution is -0.282. The smallest absolute Gasteiger partial charge is 0.164 e. The zero-order valence-electron chi connectivity index (χ0n) is 10.7. The minimum absolute atomic E-state index is 0.119.